The maximum Gasteiger partial charge on any atom is 0.0968 e. The average molecular weight is 680 g/mol. The van der Waals surface area contributed by atoms with Crippen LogP contribution in [-0.4, -0.2) is 14.5 Å². The van der Waals surface area contributed by atoms with E-state index in [2.05, 4.69) is 171 Å². The first kappa shape index (κ1) is 30.3. The van der Waals surface area contributed by atoms with Crippen LogP contribution in [0.5, 0.6) is 0 Å². The normalized spacial score (nSPS) is 16.3. The maximum absolute atomic E-state index is 5.55. The van der Waals surface area contributed by atoms with Crippen molar-refractivity contribution in [3.8, 4) is 50.5 Å². The van der Waals surface area contributed by atoms with Gasteiger partial charge < -0.3 is 4.57 Å². The molecule has 3 aliphatic carbocycles. The van der Waals surface area contributed by atoms with Crippen LogP contribution in [0.3, 0.4) is 0 Å². The summed E-state index contributed by atoms with van der Waals surface area (Å²) in [6.45, 7) is 7.01. The molecule has 1 unspecified atom stereocenters. The number of rotatable bonds is 2. The lowest BCUT2D eigenvalue weighted by Gasteiger charge is -2.27. The Balaban J connectivity index is 1.13. The van der Waals surface area contributed by atoms with Crippen LogP contribution in [0.2, 0.25) is 0 Å². The summed E-state index contributed by atoms with van der Waals surface area (Å²) in [5.74, 6) is 0.409. The molecular weight excluding hydrogens is 643 g/mol. The highest BCUT2D eigenvalue weighted by Crippen LogP contribution is 2.53. The number of nitrogens with zero attached hydrogens (tertiary/aromatic N) is 3. The van der Waals surface area contributed by atoms with Gasteiger partial charge >= 0.3 is 0 Å². The number of benzene rings is 6. The zero-order valence-corrected chi connectivity index (χ0v) is 30.1. The Labute approximate surface area is 309 Å². The van der Waals surface area contributed by atoms with Gasteiger partial charge in [-0.2, -0.15) is 0 Å². The molecule has 8 aromatic rings. The Hall–Kier alpha value is -6.32. The van der Waals surface area contributed by atoms with Crippen molar-refractivity contribution in [3.63, 3.8) is 0 Å². The second-order valence-corrected chi connectivity index (χ2v) is 15.4. The molecule has 2 aromatic heterocycles. The molecule has 3 nitrogen and oxygen atoms in total. The van der Waals surface area contributed by atoms with Crippen LogP contribution >= 0.6 is 0 Å². The van der Waals surface area contributed by atoms with Crippen molar-refractivity contribution in [1.82, 2.24) is 14.5 Å². The van der Waals surface area contributed by atoms with Gasteiger partial charge in [0.25, 0.3) is 0 Å². The van der Waals surface area contributed by atoms with Gasteiger partial charge in [0.2, 0.25) is 0 Å². The standard InChI is InChI=1S/C50H37N3/c1-30-23-24-36-34-16-5-4-15-33(34)35-17-6-7-18-37(35)48-49(40(36)27-30)52-43(29-51-48)31-13-12-14-32(28-31)53-44-22-11-9-20-39(44)47-45(53)26-25-42-46(47)38-19-8-10-21-41(38)50(42,2)3/h4-26,28-30H,27H2,1-3H3. The summed E-state index contributed by atoms with van der Waals surface area (Å²) in [5.41, 5.74) is 20.1. The first-order valence-corrected chi connectivity index (χ1v) is 18.7. The number of para-hydroxylation sites is 1. The molecule has 252 valence electrons. The van der Waals surface area contributed by atoms with E-state index in [1.807, 2.05) is 6.20 Å². The highest BCUT2D eigenvalue weighted by Gasteiger charge is 2.37. The van der Waals surface area contributed by atoms with E-state index in [-0.39, 0.29) is 5.41 Å². The number of fused-ring (bicyclic) bond motifs is 14. The highest BCUT2D eigenvalue weighted by molar-refractivity contribution is 6.18. The first-order valence-electron chi connectivity index (χ1n) is 18.7. The van der Waals surface area contributed by atoms with Gasteiger partial charge in [0, 0.05) is 33.0 Å². The van der Waals surface area contributed by atoms with E-state index in [4.69, 9.17) is 9.97 Å². The molecule has 3 aliphatic rings. The summed E-state index contributed by atoms with van der Waals surface area (Å²) < 4.78 is 2.44. The van der Waals surface area contributed by atoms with Crippen LogP contribution < -0.4 is 0 Å². The summed E-state index contributed by atoms with van der Waals surface area (Å²) >= 11 is 0. The Kier molecular flexibility index (Phi) is 6.34. The molecule has 11 rings (SSSR count). The predicted octanol–water partition coefficient (Wildman–Crippen LogP) is 12.7. The van der Waals surface area contributed by atoms with E-state index in [0.717, 1.165) is 40.3 Å². The zero-order chi connectivity index (χ0) is 35.4. The van der Waals surface area contributed by atoms with Crippen LogP contribution in [0.25, 0.3) is 83.4 Å². The molecule has 0 bridgehead atoms. The Morgan fingerprint density at radius 3 is 2.21 bits per heavy atom. The summed E-state index contributed by atoms with van der Waals surface area (Å²) in [6, 6.07) is 48.8. The minimum absolute atomic E-state index is 0.0595. The Bertz CT molecular complexity index is 2920. The third kappa shape index (κ3) is 4.28. The lowest BCUT2D eigenvalue weighted by Crippen LogP contribution is -2.14. The van der Waals surface area contributed by atoms with Crippen LogP contribution in [0.15, 0.2) is 152 Å². The van der Waals surface area contributed by atoms with Gasteiger partial charge in [-0.25, -0.2) is 4.98 Å². The van der Waals surface area contributed by atoms with E-state index in [0.29, 0.717) is 5.92 Å². The smallest absolute Gasteiger partial charge is 0.0968 e. The number of aromatic nitrogens is 3. The average Bonchev–Trinajstić information content (AvgIpc) is 3.66. The molecule has 0 radical (unpaired) electrons. The molecule has 3 heteroatoms. The fourth-order valence-electron chi connectivity index (χ4n) is 9.49. The van der Waals surface area contributed by atoms with Gasteiger partial charge in [0.1, 0.15) is 0 Å². The zero-order valence-electron chi connectivity index (χ0n) is 30.1. The molecule has 53 heavy (non-hydrogen) atoms. The fraction of sp³-hybridized carbons (Fsp3) is 0.120. The van der Waals surface area contributed by atoms with Crippen molar-refractivity contribution in [2.45, 2.75) is 32.6 Å². The Morgan fingerprint density at radius 1 is 0.642 bits per heavy atom. The molecule has 0 aliphatic heterocycles. The first-order chi connectivity index (χ1) is 26.0. The number of allylic oxidation sites excluding steroid dienone is 4. The van der Waals surface area contributed by atoms with Crippen molar-refractivity contribution >= 4 is 33.0 Å². The van der Waals surface area contributed by atoms with Gasteiger partial charge in [0.15, 0.2) is 0 Å². The summed E-state index contributed by atoms with van der Waals surface area (Å²) in [7, 11) is 0. The molecule has 1 atom stereocenters. The lowest BCUT2D eigenvalue weighted by atomic mass is 9.79. The fourth-order valence-corrected chi connectivity index (χ4v) is 9.49. The molecule has 0 amide bonds. The maximum atomic E-state index is 5.55. The van der Waals surface area contributed by atoms with Gasteiger partial charge in [-0.1, -0.05) is 142 Å². The molecule has 0 saturated carbocycles. The third-order valence-electron chi connectivity index (χ3n) is 12.0. The molecule has 6 aromatic carbocycles. The minimum atomic E-state index is -0.0595. The quantitative estimate of drug-likeness (QED) is 0.182. The van der Waals surface area contributed by atoms with Crippen molar-refractivity contribution in [3.05, 3.63) is 174 Å². The number of hydrogen-bond donors (Lipinski definition) is 0. The SMILES string of the molecule is CC1C=CC2=C(C1)c1nc(-c3cccc(-n4c5ccccc5c5c6c(ccc54)C(C)(C)c4ccccc4-6)c3)cnc1-c1ccccc1-c1ccccc12. The van der Waals surface area contributed by atoms with Crippen molar-refractivity contribution in [1.29, 1.82) is 0 Å². The minimum Gasteiger partial charge on any atom is -0.309 e. The van der Waals surface area contributed by atoms with E-state index in [9.17, 15) is 0 Å². The Morgan fingerprint density at radius 2 is 1.36 bits per heavy atom. The summed E-state index contributed by atoms with van der Waals surface area (Å²) in [6.07, 6.45) is 7.54. The summed E-state index contributed by atoms with van der Waals surface area (Å²) in [5, 5.41) is 2.59. The van der Waals surface area contributed by atoms with Gasteiger partial charge in [-0.3, -0.25) is 4.98 Å². The second kappa shape index (κ2) is 11.1. The topological polar surface area (TPSA) is 30.7 Å². The van der Waals surface area contributed by atoms with Crippen molar-refractivity contribution in [2.24, 2.45) is 5.92 Å². The van der Waals surface area contributed by atoms with Crippen LogP contribution in [0.4, 0.5) is 0 Å². The lowest BCUT2D eigenvalue weighted by molar-refractivity contribution is 0.661. The van der Waals surface area contributed by atoms with E-state index in [1.54, 1.807) is 0 Å². The van der Waals surface area contributed by atoms with Gasteiger partial charge in [0.05, 0.1) is 34.3 Å². The monoisotopic (exact) mass is 679 g/mol. The highest BCUT2D eigenvalue weighted by atomic mass is 15.0. The second-order valence-electron chi connectivity index (χ2n) is 15.4. The van der Waals surface area contributed by atoms with Crippen molar-refractivity contribution in [2.75, 3.05) is 0 Å². The molecular formula is C50H37N3. The summed E-state index contributed by atoms with van der Waals surface area (Å²) in [4.78, 5) is 10.8. The van der Waals surface area contributed by atoms with Crippen molar-refractivity contribution < 1.29 is 0 Å². The van der Waals surface area contributed by atoms with E-state index in [1.165, 1.54) is 71.9 Å². The third-order valence-corrected chi connectivity index (χ3v) is 12.0. The molecule has 0 spiro atoms. The largest absolute Gasteiger partial charge is 0.309 e. The molecule has 0 N–H and O–H groups in total. The molecule has 0 saturated heterocycles. The van der Waals surface area contributed by atoms with Crippen LogP contribution in [0, 0.1) is 5.92 Å². The van der Waals surface area contributed by atoms with Gasteiger partial charge in [-0.15, -0.1) is 0 Å². The van der Waals surface area contributed by atoms with E-state index < -0.39 is 0 Å². The van der Waals surface area contributed by atoms with Crippen LogP contribution in [0.1, 0.15) is 49.6 Å². The van der Waals surface area contributed by atoms with E-state index >= 15 is 0 Å². The predicted molar refractivity (Wildman–Crippen MR) is 220 cm³/mol. The molecule has 2 heterocycles. The molecule has 0 fully saturated rings. The number of hydrogen-bond acceptors (Lipinski definition) is 2. The van der Waals surface area contributed by atoms with Crippen LogP contribution in [-0.2, 0) is 5.41 Å². The van der Waals surface area contributed by atoms with Gasteiger partial charge in [-0.05, 0) is 86.7 Å².